The predicted octanol–water partition coefficient (Wildman–Crippen LogP) is -0.273. The van der Waals surface area contributed by atoms with E-state index in [2.05, 4.69) is 5.01 Å². The van der Waals surface area contributed by atoms with Gasteiger partial charge in [0.1, 0.15) is 0 Å². The number of hydroxylamine groups is 1. The minimum atomic E-state index is 0.799. The lowest BCUT2D eigenvalue weighted by Crippen LogP contribution is -2.46. The van der Waals surface area contributed by atoms with E-state index in [9.17, 15) is 0 Å². The molecule has 1 fully saturated rings. The van der Waals surface area contributed by atoms with Gasteiger partial charge >= 0.3 is 0 Å². The first kappa shape index (κ1) is 7.94. The molecular weight excluding hydrogens is 132 g/mol. The molecule has 0 aliphatic carbocycles. The van der Waals surface area contributed by atoms with Gasteiger partial charge in [-0.3, -0.25) is 4.84 Å². The van der Waals surface area contributed by atoms with Gasteiger partial charge in [-0.25, -0.2) is 5.01 Å². The molecule has 1 aliphatic rings. The molecule has 1 aliphatic heterocycles. The third kappa shape index (κ3) is 1.91. The van der Waals surface area contributed by atoms with Crippen LogP contribution in [0.3, 0.4) is 0 Å². The summed E-state index contributed by atoms with van der Waals surface area (Å²) in [5.41, 5.74) is 0. The van der Waals surface area contributed by atoms with Crippen LogP contribution in [0.1, 0.15) is 0 Å². The van der Waals surface area contributed by atoms with Crippen LogP contribution in [0.5, 0.6) is 0 Å². The lowest BCUT2D eigenvalue weighted by atomic mass is 10.5. The van der Waals surface area contributed by atoms with Crippen molar-refractivity contribution in [3.05, 3.63) is 0 Å². The molecule has 60 valence electrons. The summed E-state index contributed by atoms with van der Waals surface area (Å²) < 4.78 is 5.17. The zero-order chi connectivity index (χ0) is 7.40. The van der Waals surface area contributed by atoms with Crippen molar-refractivity contribution in [3.8, 4) is 0 Å². The summed E-state index contributed by atoms with van der Waals surface area (Å²) in [6, 6.07) is 0. The van der Waals surface area contributed by atoms with Crippen molar-refractivity contribution in [1.29, 1.82) is 0 Å². The second-order valence-electron chi connectivity index (χ2n) is 2.21. The van der Waals surface area contributed by atoms with Crippen molar-refractivity contribution >= 4 is 0 Å². The molecule has 1 heterocycles. The van der Waals surface area contributed by atoms with Gasteiger partial charge in [0.25, 0.3) is 0 Å². The summed E-state index contributed by atoms with van der Waals surface area (Å²) in [6.07, 6.45) is 0. The number of morpholine rings is 1. The predicted molar refractivity (Wildman–Crippen MR) is 37.2 cm³/mol. The highest BCUT2D eigenvalue weighted by Crippen LogP contribution is 1.99. The SMILES string of the molecule is CON(C)N1CCOCC1. The molecule has 0 radical (unpaired) electrons. The highest BCUT2D eigenvalue weighted by atomic mass is 16.7. The van der Waals surface area contributed by atoms with Gasteiger partial charge in [-0.1, -0.05) is 0 Å². The Hall–Kier alpha value is -0.160. The van der Waals surface area contributed by atoms with Gasteiger partial charge < -0.3 is 4.74 Å². The van der Waals surface area contributed by atoms with Gasteiger partial charge in [0.15, 0.2) is 0 Å². The number of nitrogens with zero attached hydrogens (tertiary/aromatic N) is 2. The second kappa shape index (κ2) is 3.88. The molecule has 0 atom stereocenters. The molecule has 1 rings (SSSR count). The maximum absolute atomic E-state index is 5.17. The van der Waals surface area contributed by atoms with E-state index in [4.69, 9.17) is 9.57 Å². The highest BCUT2D eigenvalue weighted by Gasteiger charge is 2.13. The summed E-state index contributed by atoms with van der Waals surface area (Å²) in [5.74, 6) is 0. The molecule has 10 heavy (non-hydrogen) atoms. The van der Waals surface area contributed by atoms with Crippen molar-refractivity contribution in [3.63, 3.8) is 0 Å². The largest absolute Gasteiger partial charge is 0.379 e. The van der Waals surface area contributed by atoms with Gasteiger partial charge in [-0.05, 0) is 0 Å². The Balaban J connectivity index is 2.24. The topological polar surface area (TPSA) is 24.9 Å². The van der Waals surface area contributed by atoms with Crippen molar-refractivity contribution in [1.82, 2.24) is 10.2 Å². The van der Waals surface area contributed by atoms with Crippen LogP contribution in [0.4, 0.5) is 0 Å². The molecule has 0 N–H and O–H groups in total. The average molecular weight is 146 g/mol. The average Bonchev–Trinajstić information content (AvgIpc) is 2.05. The van der Waals surface area contributed by atoms with Crippen molar-refractivity contribution < 1.29 is 9.57 Å². The molecule has 0 aromatic carbocycles. The van der Waals surface area contributed by atoms with Crippen molar-refractivity contribution in [2.24, 2.45) is 0 Å². The van der Waals surface area contributed by atoms with Crippen LogP contribution in [-0.4, -0.2) is 50.6 Å². The Morgan fingerprint density at radius 2 is 2.00 bits per heavy atom. The first-order valence-corrected chi connectivity index (χ1v) is 3.45. The summed E-state index contributed by atoms with van der Waals surface area (Å²) >= 11 is 0. The Labute approximate surface area is 61.2 Å². The van der Waals surface area contributed by atoms with Gasteiger partial charge in [0.2, 0.25) is 0 Å². The molecular formula is C6H14N2O2. The number of hydrazine groups is 1. The summed E-state index contributed by atoms with van der Waals surface area (Å²) in [6.45, 7) is 3.44. The number of rotatable bonds is 2. The minimum Gasteiger partial charge on any atom is -0.379 e. The highest BCUT2D eigenvalue weighted by molar-refractivity contribution is 4.53. The third-order valence-corrected chi connectivity index (χ3v) is 1.65. The van der Waals surface area contributed by atoms with E-state index in [0.29, 0.717) is 0 Å². The molecule has 0 bridgehead atoms. The molecule has 0 saturated carbocycles. The molecule has 4 nitrogen and oxygen atoms in total. The van der Waals surface area contributed by atoms with Crippen LogP contribution in [0, 0.1) is 0 Å². The summed E-state index contributed by atoms with van der Waals surface area (Å²) in [4.78, 5) is 4.99. The fourth-order valence-electron chi connectivity index (χ4n) is 0.951. The van der Waals surface area contributed by atoms with Crippen LogP contribution in [0.2, 0.25) is 0 Å². The van der Waals surface area contributed by atoms with E-state index in [1.165, 1.54) is 0 Å². The van der Waals surface area contributed by atoms with E-state index < -0.39 is 0 Å². The quantitative estimate of drug-likeness (QED) is 0.500. The van der Waals surface area contributed by atoms with Crippen LogP contribution in [-0.2, 0) is 9.57 Å². The Morgan fingerprint density at radius 3 is 2.50 bits per heavy atom. The second-order valence-corrected chi connectivity index (χ2v) is 2.21. The maximum Gasteiger partial charge on any atom is 0.0609 e. The minimum absolute atomic E-state index is 0.799. The van der Waals surface area contributed by atoms with Crippen LogP contribution >= 0.6 is 0 Å². The standard InChI is InChI=1S/C6H14N2O2/c1-7(9-2)8-3-5-10-6-4-8/h3-6H2,1-2H3. The zero-order valence-electron chi connectivity index (χ0n) is 6.54. The van der Waals surface area contributed by atoms with Crippen LogP contribution in [0.25, 0.3) is 0 Å². The molecule has 0 aromatic rings. The Bertz CT molecular complexity index is 93.7. The lowest BCUT2D eigenvalue weighted by Gasteiger charge is -2.32. The molecule has 4 heteroatoms. The molecule has 1 saturated heterocycles. The van der Waals surface area contributed by atoms with Gasteiger partial charge in [0, 0.05) is 20.1 Å². The van der Waals surface area contributed by atoms with E-state index in [0.717, 1.165) is 26.3 Å². The first-order chi connectivity index (χ1) is 4.84. The van der Waals surface area contributed by atoms with E-state index in [1.54, 1.807) is 12.3 Å². The summed E-state index contributed by atoms with van der Waals surface area (Å²) in [5, 5.41) is 3.84. The molecule has 0 aromatic heterocycles. The number of hydrogen-bond acceptors (Lipinski definition) is 4. The number of hydrogen-bond donors (Lipinski definition) is 0. The Kier molecular flexibility index (Phi) is 3.08. The van der Waals surface area contributed by atoms with Gasteiger partial charge in [-0.2, -0.15) is 0 Å². The maximum atomic E-state index is 5.17. The van der Waals surface area contributed by atoms with E-state index in [1.807, 2.05) is 7.05 Å². The lowest BCUT2D eigenvalue weighted by molar-refractivity contribution is -0.265. The van der Waals surface area contributed by atoms with E-state index in [-0.39, 0.29) is 0 Å². The van der Waals surface area contributed by atoms with Gasteiger partial charge in [0.05, 0.1) is 20.3 Å². The normalized spacial score (nSPS) is 21.9. The van der Waals surface area contributed by atoms with Crippen molar-refractivity contribution in [2.45, 2.75) is 0 Å². The first-order valence-electron chi connectivity index (χ1n) is 3.45. The van der Waals surface area contributed by atoms with Crippen molar-refractivity contribution in [2.75, 3.05) is 40.5 Å². The fraction of sp³-hybridized carbons (Fsp3) is 1.00. The fourth-order valence-corrected chi connectivity index (χ4v) is 0.951. The van der Waals surface area contributed by atoms with Gasteiger partial charge in [-0.15, -0.1) is 5.17 Å². The molecule has 0 unspecified atom stereocenters. The summed E-state index contributed by atoms with van der Waals surface area (Å²) in [7, 11) is 3.56. The smallest absolute Gasteiger partial charge is 0.0609 e. The number of ether oxygens (including phenoxy) is 1. The molecule has 0 spiro atoms. The Morgan fingerprint density at radius 1 is 1.40 bits per heavy atom. The van der Waals surface area contributed by atoms with Crippen LogP contribution < -0.4 is 0 Å². The van der Waals surface area contributed by atoms with Crippen LogP contribution in [0.15, 0.2) is 0 Å². The monoisotopic (exact) mass is 146 g/mol. The third-order valence-electron chi connectivity index (χ3n) is 1.65. The zero-order valence-corrected chi connectivity index (χ0v) is 6.54. The molecule has 0 amide bonds. The van der Waals surface area contributed by atoms with E-state index >= 15 is 0 Å².